The number of nitrogens with zero attached hydrogens (tertiary/aromatic N) is 1. The van der Waals surface area contributed by atoms with Crippen LogP contribution in [0, 0.1) is 23.2 Å². The number of thioether (sulfide) groups is 1. The lowest BCUT2D eigenvalue weighted by Crippen LogP contribution is -2.54. The lowest BCUT2D eigenvalue weighted by Gasteiger charge is -2.56. The van der Waals surface area contributed by atoms with E-state index in [9.17, 15) is 9.59 Å². The van der Waals surface area contributed by atoms with Crippen molar-refractivity contribution in [1.82, 2.24) is 4.90 Å². The lowest BCUT2D eigenvalue weighted by molar-refractivity contribution is -0.157. The van der Waals surface area contributed by atoms with Crippen LogP contribution in [-0.2, 0) is 9.59 Å². The van der Waals surface area contributed by atoms with E-state index in [0.29, 0.717) is 0 Å². The van der Waals surface area contributed by atoms with Crippen molar-refractivity contribution < 1.29 is 9.59 Å². The van der Waals surface area contributed by atoms with Crippen LogP contribution < -0.4 is 5.32 Å². The van der Waals surface area contributed by atoms with Crippen LogP contribution in [-0.4, -0.2) is 36.6 Å². The van der Waals surface area contributed by atoms with E-state index in [1.165, 1.54) is 19.3 Å². The second kappa shape index (κ2) is 6.91. The van der Waals surface area contributed by atoms with E-state index >= 15 is 0 Å². The van der Waals surface area contributed by atoms with E-state index in [1.54, 1.807) is 23.7 Å². The topological polar surface area (TPSA) is 49.4 Å². The summed E-state index contributed by atoms with van der Waals surface area (Å²) in [6, 6.07) is 7.78. The Bertz CT molecular complexity index is 682. The number of amides is 2. The molecule has 4 saturated carbocycles. The summed E-state index contributed by atoms with van der Waals surface area (Å²) in [6.07, 6.45) is 9.08. The molecule has 1 aromatic carbocycles. The Morgan fingerprint density at radius 2 is 1.69 bits per heavy atom. The zero-order valence-electron chi connectivity index (χ0n) is 15.7. The predicted octanol–water partition coefficient (Wildman–Crippen LogP) is 4.02. The minimum Gasteiger partial charge on any atom is -0.336 e. The average Bonchev–Trinajstić information content (AvgIpc) is 2.60. The van der Waals surface area contributed by atoms with Crippen molar-refractivity contribution in [1.29, 1.82) is 0 Å². The van der Waals surface area contributed by atoms with Gasteiger partial charge in [-0.25, -0.2) is 0 Å². The van der Waals surface area contributed by atoms with Crippen LogP contribution in [0.2, 0.25) is 0 Å². The smallest absolute Gasteiger partial charge is 0.244 e. The van der Waals surface area contributed by atoms with E-state index in [-0.39, 0.29) is 23.8 Å². The normalized spacial score (nSPS) is 31.7. The van der Waals surface area contributed by atoms with Crippen LogP contribution in [0.5, 0.6) is 0 Å². The maximum Gasteiger partial charge on any atom is 0.244 e. The molecule has 4 bridgehead atoms. The highest BCUT2D eigenvalue weighted by Gasteiger charge is 2.55. The van der Waals surface area contributed by atoms with Crippen molar-refractivity contribution in [2.45, 2.75) is 43.4 Å². The molecule has 26 heavy (non-hydrogen) atoms. The molecule has 0 heterocycles. The predicted molar refractivity (Wildman–Crippen MR) is 105 cm³/mol. The molecule has 140 valence electrons. The third kappa shape index (κ3) is 3.26. The van der Waals surface area contributed by atoms with Gasteiger partial charge in [0.2, 0.25) is 11.8 Å². The summed E-state index contributed by atoms with van der Waals surface area (Å²) in [5, 5.41) is 2.97. The first-order chi connectivity index (χ1) is 12.5. The highest BCUT2D eigenvalue weighted by Crippen LogP contribution is 2.60. The van der Waals surface area contributed by atoms with Gasteiger partial charge in [-0.3, -0.25) is 9.59 Å². The Morgan fingerprint density at radius 3 is 2.27 bits per heavy atom. The first-order valence-corrected chi connectivity index (χ1v) is 10.9. The molecule has 5 rings (SSSR count). The van der Waals surface area contributed by atoms with Crippen LogP contribution in [0.1, 0.15) is 38.5 Å². The van der Waals surface area contributed by atoms with Crippen LogP contribution in [0.25, 0.3) is 0 Å². The first-order valence-electron chi connectivity index (χ1n) is 9.67. The number of hydrogen-bond donors (Lipinski definition) is 1. The van der Waals surface area contributed by atoms with Gasteiger partial charge in [-0.05, 0) is 74.7 Å². The standard InChI is InChI=1S/C21H28N2O2S/c1-23(13-19(24)22-17-5-3-4-6-18(17)26-2)20(25)21-10-14-7-15(11-21)9-16(8-14)12-21/h3-6,14-16H,7-13H2,1-2H3,(H,22,24). The molecule has 0 spiro atoms. The van der Waals surface area contributed by atoms with Crippen LogP contribution in [0.3, 0.4) is 0 Å². The van der Waals surface area contributed by atoms with E-state index in [2.05, 4.69) is 5.32 Å². The summed E-state index contributed by atoms with van der Waals surface area (Å²) in [5.74, 6) is 2.29. The number of para-hydroxylation sites is 1. The van der Waals surface area contributed by atoms with Gasteiger partial charge in [0.1, 0.15) is 0 Å². The third-order valence-corrected chi connectivity index (χ3v) is 7.40. The van der Waals surface area contributed by atoms with E-state index in [0.717, 1.165) is 47.6 Å². The molecule has 1 N–H and O–H groups in total. The molecule has 4 aliphatic rings. The number of anilines is 1. The van der Waals surface area contributed by atoms with Gasteiger partial charge in [-0.15, -0.1) is 11.8 Å². The fourth-order valence-electron chi connectivity index (χ4n) is 6.00. The van der Waals surface area contributed by atoms with Crippen LogP contribution >= 0.6 is 11.8 Å². The number of hydrogen-bond acceptors (Lipinski definition) is 3. The molecular formula is C21H28N2O2S. The minimum absolute atomic E-state index is 0.118. The fourth-order valence-corrected chi connectivity index (χ4v) is 6.56. The van der Waals surface area contributed by atoms with Gasteiger partial charge in [-0.2, -0.15) is 0 Å². The second-order valence-electron chi connectivity index (χ2n) is 8.61. The van der Waals surface area contributed by atoms with Crippen molar-refractivity contribution >= 4 is 29.3 Å². The summed E-state index contributed by atoms with van der Waals surface area (Å²) < 4.78 is 0. The Morgan fingerprint density at radius 1 is 1.12 bits per heavy atom. The van der Waals surface area contributed by atoms with E-state index < -0.39 is 0 Å². The Balaban J connectivity index is 1.41. The molecule has 2 amide bonds. The molecule has 4 fully saturated rings. The molecule has 0 radical (unpaired) electrons. The number of rotatable bonds is 5. The molecule has 0 saturated heterocycles. The second-order valence-corrected chi connectivity index (χ2v) is 9.46. The monoisotopic (exact) mass is 372 g/mol. The summed E-state index contributed by atoms with van der Waals surface area (Å²) >= 11 is 1.61. The molecule has 5 heteroatoms. The van der Waals surface area contributed by atoms with Gasteiger partial charge in [0, 0.05) is 11.9 Å². The Hall–Kier alpha value is -1.49. The number of benzene rings is 1. The van der Waals surface area contributed by atoms with Crippen LogP contribution in [0.4, 0.5) is 5.69 Å². The first kappa shape index (κ1) is 17.9. The molecule has 0 aromatic heterocycles. The van der Waals surface area contributed by atoms with Crippen molar-refractivity contribution in [3.05, 3.63) is 24.3 Å². The van der Waals surface area contributed by atoms with Crippen molar-refractivity contribution in [2.24, 2.45) is 23.2 Å². The Labute approximate surface area is 160 Å². The average molecular weight is 373 g/mol. The zero-order chi connectivity index (χ0) is 18.3. The Kier molecular flexibility index (Phi) is 4.76. The molecule has 0 unspecified atom stereocenters. The van der Waals surface area contributed by atoms with Gasteiger partial charge >= 0.3 is 0 Å². The zero-order valence-corrected chi connectivity index (χ0v) is 16.5. The largest absolute Gasteiger partial charge is 0.336 e. The van der Waals surface area contributed by atoms with Gasteiger partial charge < -0.3 is 10.2 Å². The lowest BCUT2D eigenvalue weighted by atomic mass is 9.49. The number of nitrogens with one attached hydrogen (secondary N) is 1. The fraction of sp³-hybridized carbons (Fsp3) is 0.619. The molecule has 0 aliphatic heterocycles. The third-order valence-electron chi connectivity index (χ3n) is 6.60. The summed E-state index contributed by atoms with van der Waals surface area (Å²) in [4.78, 5) is 28.5. The number of carbonyl (C=O) groups is 2. The molecule has 4 nitrogen and oxygen atoms in total. The van der Waals surface area contributed by atoms with Gasteiger partial charge in [-0.1, -0.05) is 12.1 Å². The summed E-state index contributed by atoms with van der Waals surface area (Å²) in [6.45, 7) is 0.128. The van der Waals surface area contributed by atoms with E-state index in [4.69, 9.17) is 0 Å². The summed E-state index contributed by atoms with van der Waals surface area (Å²) in [5.41, 5.74) is 0.640. The molecule has 4 aliphatic carbocycles. The van der Waals surface area contributed by atoms with Gasteiger partial charge in [0.25, 0.3) is 0 Å². The molecular weight excluding hydrogens is 344 g/mol. The molecule has 1 aromatic rings. The van der Waals surface area contributed by atoms with Crippen molar-refractivity contribution in [3.8, 4) is 0 Å². The highest BCUT2D eigenvalue weighted by molar-refractivity contribution is 7.98. The number of likely N-dealkylation sites (N-methyl/N-ethyl adjacent to an activating group) is 1. The van der Waals surface area contributed by atoms with Crippen molar-refractivity contribution in [3.63, 3.8) is 0 Å². The maximum absolute atomic E-state index is 13.2. The van der Waals surface area contributed by atoms with Crippen molar-refractivity contribution in [2.75, 3.05) is 25.2 Å². The summed E-state index contributed by atoms with van der Waals surface area (Å²) in [7, 11) is 1.79. The quantitative estimate of drug-likeness (QED) is 0.794. The molecule has 0 atom stereocenters. The van der Waals surface area contributed by atoms with Gasteiger partial charge in [0.05, 0.1) is 17.6 Å². The highest BCUT2D eigenvalue weighted by atomic mass is 32.2. The van der Waals surface area contributed by atoms with E-state index in [1.807, 2.05) is 30.5 Å². The maximum atomic E-state index is 13.2. The SMILES string of the molecule is CSc1ccccc1NC(=O)CN(C)C(=O)C12CC3CC(CC(C3)C1)C2. The van der Waals surface area contributed by atoms with Crippen LogP contribution in [0.15, 0.2) is 29.2 Å². The minimum atomic E-state index is -0.180. The number of carbonyl (C=O) groups excluding carboxylic acids is 2. The van der Waals surface area contributed by atoms with Gasteiger partial charge in [0.15, 0.2) is 0 Å².